The smallest absolute Gasteiger partial charge is 0.153 e. The maximum Gasteiger partial charge on any atom is 0.153 e. The lowest BCUT2D eigenvalue weighted by Gasteiger charge is -2.07. The third kappa shape index (κ3) is 5.65. The molecule has 1 N–H and O–H groups in total. The van der Waals surface area contributed by atoms with Crippen LogP contribution >= 0.6 is 46.6 Å². The summed E-state index contributed by atoms with van der Waals surface area (Å²) in [6.07, 6.45) is 6.12. The van der Waals surface area contributed by atoms with Gasteiger partial charge in [0.15, 0.2) is 21.3 Å². The fourth-order valence-corrected chi connectivity index (χ4v) is 2.64. The molecule has 140 valence electrons. The van der Waals surface area contributed by atoms with Crippen molar-refractivity contribution in [3.05, 3.63) is 57.6 Å². The predicted molar refractivity (Wildman–Crippen MR) is 108 cm³/mol. The van der Waals surface area contributed by atoms with Crippen LogP contribution in [0.25, 0.3) is 0 Å². The van der Waals surface area contributed by atoms with Gasteiger partial charge in [-0.15, -0.1) is 11.8 Å². The molecule has 0 aliphatic heterocycles. The van der Waals surface area contributed by atoms with Gasteiger partial charge in [-0.1, -0.05) is 34.8 Å². The Morgan fingerprint density at radius 2 is 1.43 bits per heavy atom. The van der Waals surface area contributed by atoms with Gasteiger partial charge in [-0.2, -0.15) is 10.5 Å². The lowest BCUT2D eigenvalue weighted by molar-refractivity contribution is 1.12. The zero-order chi connectivity index (χ0) is 20.5. The van der Waals surface area contributed by atoms with E-state index in [1.165, 1.54) is 12.7 Å². The molecule has 0 aromatic carbocycles. The van der Waals surface area contributed by atoms with Crippen molar-refractivity contribution in [3.63, 3.8) is 0 Å². The van der Waals surface area contributed by atoms with E-state index in [4.69, 9.17) is 45.3 Å². The molecule has 12 heteroatoms. The molecule has 0 radical (unpaired) electrons. The second kappa shape index (κ2) is 10.6. The zero-order valence-electron chi connectivity index (χ0n) is 14.1. The van der Waals surface area contributed by atoms with Crippen LogP contribution in [-0.2, 0) is 0 Å². The Balaban J connectivity index is 0.000000237. The van der Waals surface area contributed by atoms with E-state index in [2.05, 4.69) is 30.2 Å². The molecular formula is C16H9Cl3N8S. The number of hydrogen-bond donors (Lipinski definition) is 1. The number of anilines is 2. The van der Waals surface area contributed by atoms with E-state index in [1.54, 1.807) is 24.0 Å². The molecule has 0 amide bonds. The topological polar surface area (TPSA) is 124 Å². The quantitative estimate of drug-likeness (QED) is 0.452. The molecule has 0 atom stereocenters. The van der Waals surface area contributed by atoms with Gasteiger partial charge < -0.3 is 5.32 Å². The first kappa shape index (κ1) is 21.6. The fraction of sp³-hybridized carbons (Fsp3) is 0.0625. The summed E-state index contributed by atoms with van der Waals surface area (Å²) >= 11 is 18.3. The summed E-state index contributed by atoms with van der Waals surface area (Å²) in [5.74, 6) is 0.371. The summed E-state index contributed by atoms with van der Waals surface area (Å²) in [7, 11) is 0. The molecule has 0 fully saturated rings. The highest BCUT2D eigenvalue weighted by atomic mass is 35.5. The van der Waals surface area contributed by atoms with E-state index in [0.717, 1.165) is 10.7 Å². The first-order chi connectivity index (χ1) is 13.5. The molecule has 28 heavy (non-hydrogen) atoms. The molecule has 3 heterocycles. The Morgan fingerprint density at radius 3 is 1.89 bits per heavy atom. The average Bonchev–Trinajstić information content (AvgIpc) is 2.69. The zero-order valence-corrected chi connectivity index (χ0v) is 17.1. The van der Waals surface area contributed by atoms with Crippen LogP contribution in [0.3, 0.4) is 0 Å². The normalized spacial score (nSPS) is 9.50. The number of hydrogen-bond acceptors (Lipinski definition) is 9. The Bertz CT molecular complexity index is 1030. The van der Waals surface area contributed by atoms with Gasteiger partial charge in [-0.25, -0.2) is 24.9 Å². The molecule has 3 aromatic heterocycles. The van der Waals surface area contributed by atoms with Gasteiger partial charge in [0.2, 0.25) is 0 Å². The maximum atomic E-state index is 8.99. The van der Waals surface area contributed by atoms with Crippen molar-refractivity contribution in [1.29, 1.82) is 10.5 Å². The molecule has 0 bridgehead atoms. The van der Waals surface area contributed by atoms with Gasteiger partial charge >= 0.3 is 0 Å². The molecule has 0 unspecified atom stereocenters. The summed E-state index contributed by atoms with van der Waals surface area (Å²) in [6.45, 7) is 0. The third-order valence-electron chi connectivity index (χ3n) is 2.99. The SMILES string of the molecule is CSc1ccc(Nc2ncnc(Cl)c2C#N)cn1.N#Cc1c(Cl)ncnc1Cl. The van der Waals surface area contributed by atoms with E-state index < -0.39 is 0 Å². The molecule has 0 aliphatic carbocycles. The van der Waals surface area contributed by atoms with Crippen molar-refractivity contribution in [2.75, 3.05) is 11.6 Å². The van der Waals surface area contributed by atoms with Crippen molar-refractivity contribution in [1.82, 2.24) is 24.9 Å². The number of nitrogens with zero attached hydrogens (tertiary/aromatic N) is 7. The number of halogens is 3. The van der Waals surface area contributed by atoms with E-state index >= 15 is 0 Å². The van der Waals surface area contributed by atoms with Crippen LogP contribution in [0.2, 0.25) is 15.5 Å². The third-order valence-corrected chi connectivity index (χ3v) is 4.51. The largest absolute Gasteiger partial charge is 0.338 e. The molecule has 8 nitrogen and oxygen atoms in total. The summed E-state index contributed by atoms with van der Waals surface area (Å²) in [4.78, 5) is 19.1. The number of rotatable bonds is 3. The van der Waals surface area contributed by atoms with Crippen LogP contribution in [0.4, 0.5) is 11.5 Å². The number of nitriles is 2. The highest BCUT2D eigenvalue weighted by Crippen LogP contribution is 2.23. The van der Waals surface area contributed by atoms with Crippen LogP contribution in [0.1, 0.15) is 11.1 Å². The second-order valence-corrected chi connectivity index (χ2v) is 6.56. The predicted octanol–water partition coefficient (Wildman–Crippen LogP) is 4.52. The van der Waals surface area contributed by atoms with Gasteiger partial charge in [0.05, 0.1) is 16.9 Å². The van der Waals surface area contributed by atoms with Crippen LogP contribution < -0.4 is 5.32 Å². The highest BCUT2D eigenvalue weighted by Gasteiger charge is 2.09. The van der Waals surface area contributed by atoms with Gasteiger partial charge in [-0.3, -0.25) is 0 Å². The summed E-state index contributed by atoms with van der Waals surface area (Å²) in [6, 6.07) is 7.47. The lowest BCUT2D eigenvalue weighted by Crippen LogP contribution is -1.99. The van der Waals surface area contributed by atoms with Gasteiger partial charge in [-0.05, 0) is 18.4 Å². The number of pyridine rings is 1. The first-order valence-corrected chi connectivity index (χ1v) is 9.59. The summed E-state index contributed by atoms with van der Waals surface area (Å²) in [5.41, 5.74) is 1.07. The van der Waals surface area contributed by atoms with Gasteiger partial charge in [0.25, 0.3) is 0 Å². The van der Waals surface area contributed by atoms with Crippen molar-refractivity contribution >= 4 is 58.1 Å². The minimum absolute atomic E-state index is 0.0856. The number of thioether (sulfide) groups is 1. The van der Waals surface area contributed by atoms with Crippen LogP contribution in [0, 0.1) is 22.7 Å². The molecule has 3 rings (SSSR count). The molecular weight excluding hydrogens is 443 g/mol. The van der Waals surface area contributed by atoms with Crippen molar-refractivity contribution in [3.8, 4) is 12.1 Å². The Kier molecular flexibility index (Phi) is 8.18. The minimum Gasteiger partial charge on any atom is -0.338 e. The minimum atomic E-state index is 0.0856. The van der Waals surface area contributed by atoms with E-state index in [1.807, 2.05) is 24.5 Å². The summed E-state index contributed by atoms with van der Waals surface area (Å²) < 4.78 is 0. The van der Waals surface area contributed by atoms with E-state index in [9.17, 15) is 0 Å². The fourth-order valence-electron chi connectivity index (χ4n) is 1.71. The lowest BCUT2D eigenvalue weighted by atomic mass is 10.3. The summed E-state index contributed by atoms with van der Waals surface area (Å²) in [5, 5.41) is 21.6. The highest BCUT2D eigenvalue weighted by molar-refractivity contribution is 7.98. The first-order valence-electron chi connectivity index (χ1n) is 7.23. The van der Waals surface area contributed by atoms with Crippen LogP contribution in [0.5, 0.6) is 0 Å². The molecule has 0 spiro atoms. The van der Waals surface area contributed by atoms with E-state index in [0.29, 0.717) is 5.82 Å². The maximum absolute atomic E-state index is 8.99. The molecule has 0 aliphatic rings. The van der Waals surface area contributed by atoms with Crippen LogP contribution in [0.15, 0.2) is 36.0 Å². The van der Waals surface area contributed by atoms with Gasteiger partial charge in [0, 0.05) is 0 Å². The Hall–Kier alpha value is -2.69. The molecule has 0 saturated carbocycles. The Morgan fingerprint density at radius 1 is 0.857 bits per heavy atom. The second-order valence-electron chi connectivity index (χ2n) is 4.66. The standard InChI is InChI=1S/C11H8ClN5S.C5HCl2N3/c1-18-9-3-2-7(5-14-9)17-11-8(4-13)10(12)15-6-16-11;6-4-3(1-8)5(7)10-2-9-4/h2-3,5-6H,1H3,(H,15,16,17);2H. The number of aromatic nitrogens is 5. The molecule has 0 saturated heterocycles. The van der Waals surface area contributed by atoms with Gasteiger partial charge in [0.1, 0.15) is 35.9 Å². The average molecular weight is 452 g/mol. The van der Waals surface area contributed by atoms with Crippen molar-refractivity contribution in [2.45, 2.75) is 5.03 Å². The number of nitrogens with one attached hydrogen (secondary N) is 1. The van der Waals surface area contributed by atoms with Crippen molar-refractivity contribution in [2.24, 2.45) is 0 Å². The Labute approximate surface area is 179 Å². The van der Waals surface area contributed by atoms with E-state index in [-0.39, 0.29) is 26.6 Å². The van der Waals surface area contributed by atoms with Crippen molar-refractivity contribution < 1.29 is 0 Å². The van der Waals surface area contributed by atoms with Crippen LogP contribution in [-0.4, -0.2) is 31.2 Å². The molecule has 3 aromatic rings. The monoisotopic (exact) mass is 450 g/mol.